The van der Waals surface area contributed by atoms with Crippen molar-refractivity contribution < 1.29 is 9.36 Å². The highest BCUT2D eigenvalue weighted by atomic mass is 35.5. The number of nitrogens with one attached hydrogen (secondary N) is 1. The topological polar surface area (TPSA) is 46.2 Å². The number of carbonyl (C=O) groups excluding carboxylic acids is 1. The number of amides is 1. The molecule has 0 aliphatic rings. The fourth-order valence-electron chi connectivity index (χ4n) is 1.88. The van der Waals surface area contributed by atoms with Gasteiger partial charge in [0.25, 0.3) is 5.65 Å². The van der Waals surface area contributed by atoms with Gasteiger partial charge in [-0.1, -0.05) is 95.5 Å². The fourth-order valence-corrected chi connectivity index (χ4v) is 4.35. The minimum Gasteiger partial charge on any atom is -0.308 e. The summed E-state index contributed by atoms with van der Waals surface area (Å²) in [6.07, 6.45) is 0. The Morgan fingerprint density at radius 3 is 1.59 bits per heavy atom. The normalized spacial score (nSPS) is 10.9. The van der Waals surface area contributed by atoms with Crippen LogP contribution in [0.4, 0.5) is 4.79 Å². The Kier molecular flexibility index (Phi) is 5.71. The van der Waals surface area contributed by atoms with Crippen LogP contribution in [-0.4, -0.2) is 5.65 Å². The predicted octanol–water partition coefficient (Wildman–Crippen LogP) is 4.55. The van der Waals surface area contributed by atoms with E-state index in [-0.39, 0.29) is 9.65 Å². The Morgan fingerprint density at radius 2 is 1.23 bits per heavy atom. The molecule has 0 spiro atoms. The van der Waals surface area contributed by atoms with Crippen LogP contribution in [-0.2, 0) is 4.57 Å². The van der Waals surface area contributed by atoms with Crippen molar-refractivity contribution in [2.24, 2.45) is 0 Å². The summed E-state index contributed by atoms with van der Waals surface area (Å²) in [5.74, 6) is 0. The Bertz CT molecular complexity index is 700. The van der Waals surface area contributed by atoms with Crippen molar-refractivity contribution in [3.63, 3.8) is 0 Å². The summed E-state index contributed by atoms with van der Waals surface area (Å²) in [4.78, 5) is 12.6. The largest absolute Gasteiger partial charge is 0.308 e. The van der Waals surface area contributed by atoms with Gasteiger partial charge in [0.15, 0.2) is 0 Å². The highest BCUT2D eigenvalue weighted by Crippen LogP contribution is 2.44. The highest BCUT2D eigenvalue weighted by molar-refractivity contribution is 7.92. The van der Waals surface area contributed by atoms with Crippen molar-refractivity contribution in [2.75, 3.05) is 0 Å². The molecule has 0 heterocycles. The van der Waals surface area contributed by atoms with E-state index in [1.807, 2.05) is 0 Å². The minimum atomic E-state index is -3.59. The van der Waals surface area contributed by atoms with Gasteiger partial charge in [-0.2, -0.15) is 0 Å². The number of carbonyl (C=O) groups is 1. The molecule has 2 aromatic carbocycles. The van der Waals surface area contributed by atoms with Gasteiger partial charge in [-0.05, 0) is 0 Å². The van der Waals surface area contributed by atoms with E-state index in [2.05, 4.69) is 5.32 Å². The van der Waals surface area contributed by atoms with E-state index < -0.39 is 12.8 Å². The maximum absolute atomic E-state index is 13.5. The predicted molar refractivity (Wildman–Crippen MR) is 92.9 cm³/mol. The smallest absolute Gasteiger partial charge is 0.292 e. The molecular formula is C15H11Cl3NO2P. The molecule has 2 aromatic rings. The van der Waals surface area contributed by atoms with Gasteiger partial charge in [-0.3, -0.25) is 4.79 Å². The molecule has 0 aliphatic heterocycles. The Hall–Kier alpha value is -1.25. The first-order valence-electron chi connectivity index (χ1n) is 6.20. The lowest BCUT2D eigenvalue weighted by Gasteiger charge is -2.18. The molecule has 0 saturated carbocycles. The van der Waals surface area contributed by atoms with Crippen LogP contribution < -0.4 is 15.9 Å². The molecule has 0 aromatic heterocycles. The van der Waals surface area contributed by atoms with Gasteiger partial charge in [-0.15, -0.1) is 0 Å². The first-order chi connectivity index (χ1) is 10.5. The summed E-state index contributed by atoms with van der Waals surface area (Å²) < 4.78 is 13.2. The minimum absolute atomic E-state index is 0.263. The Balaban J connectivity index is 2.55. The lowest BCUT2D eigenvalue weighted by atomic mass is 10.4. The van der Waals surface area contributed by atoms with Gasteiger partial charge in [-0.25, -0.2) is 0 Å². The molecule has 0 bridgehead atoms. The maximum Gasteiger partial charge on any atom is 0.292 e. The van der Waals surface area contributed by atoms with E-state index in [1.54, 1.807) is 60.7 Å². The van der Waals surface area contributed by atoms with Crippen LogP contribution in [0.5, 0.6) is 0 Å². The summed E-state index contributed by atoms with van der Waals surface area (Å²) in [5, 5.41) is 2.83. The van der Waals surface area contributed by atoms with Gasteiger partial charge in [0.1, 0.15) is 9.65 Å². The zero-order chi connectivity index (χ0) is 16.2. The quantitative estimate of drug-likeness (QED) is 0.630. The molecule has 1 amide bonds. The van der Waals surface area contributed by atoms with Gasteiger partial charge in [0.05, 0.1) is 0 Å². The van der Waals surface area contributed by atoms with Crippen LogP contribution >= 0.6 is 41.9 Å². The summed E-state index contributed by atoms with van der Waals surface area (Å²) in [5.41, 5.74) is -0.756. The number of rotatable bonds is 4. The second-order valence-electron chi connectivity index (χ2n) is 4.28. The van der Waals surface area contributed by atoms with Crippen molar-refractivity contribution in [3.05, 3.63) is 70.3 Å². The van der Waals surface area contributed by atoms with Crippen LogP contribution in [0.25, 0.3) is 0 Å². The van der Waals surface area contributed by atoms with E-state index >= 15 is 0 Å². The van der Waals surface area contributed by atoms with E-state index in [1.165, 1.54) is 0 Å². The molecule has 0 unspecified atom stereocenters. The lowest BCUT2D eigenvalue weighted by Crippen LogP contribution is -2.29. The van der Waals surface area contributed by atoms with Crippen molar-refractivity contribution in [2.45, 2.75) is 0 Å². The first kappa shape index (κ1) is 17.1. The molecule has 0 radical (unpaired) electrons. The third-order valence-corrected chi connectivity index (χ3v) is 6.50. The molecule has 0 atom stereocenters. The van der Waals surface area contributed by atoms with E-state index in [9.17, 15) is 9.36 Å². The SMILES string of the molecule is O=C(NC(Cl)=C(Cl)Cl)P(=O)(c1ccccc1)c1ccccc1. The van der Waals surface area contributed by atoms with Gasteiger partial charge in [0, 0.05) is 10.6 Å². The van der Waals surface area contributed by atoms with Crippen molar-refractivity contribution >= 4 is 58.2 Å². The summed E-state index contributed by atoms with van der Waals surface area (Å²) >= 11 is 16.8. The van der Waals surface area contributed by atoms with Crippen LogP contribution in [0.15, 0.2) is 70.3 Å². The molecule has 0 fully saturated rings. The zero-order valence-electron chi connectivity index (χ0n) is 11.2. The van der Waals surface area contributed by atoms with Crippen molar-refractivity contribution in [1.82, 2.24) is 5.32 Å². The second-order valence-corrected chi connectivity index (χ2v) is 8.27. The molecule has 0 saturated heterocycles. The molecule has 114 valence electrons. The van der Waals surface area contributed by atoms with E-state index in [0.717, 1.165) is 0 Å². The standard InChI is InChI=1S/C15H11Cl3NO2P/c16-13(17)14(18)19-15(20)22(21,11-7-3-1-4-8-11)12-9-5-2-6-10-12/h1-10H,(H,19,20). The fraction of sp³-hybridized carbons (Fsp3) is 0. The summed E-state index contributed by atoms with van der Waals surface area (Å²) in [6.45, 7) is 0. The zero-order valence-corrected chi connectivity index (χ0v) is 14.3. The molecular weight excluding hydrogens is 364 g/mol. The van der Waals surface area contributed by atoms with Gasteiger partial charge >= 0.3 is 0 Å². The third kappa shape index (κ3) is 3.56. The monoisotopic (exact) mass is 373 g/mol. The summed E-state index contributed by atoms with van der Waals surface area (Å²) in [7, 11) is -3.59. The Morgan fingerprint density at radius 1 is 0.818 bits per heavy atom. The van der Waals surface area contributed by atoms with Crippen LogP contribution in [0.3, 0.4) is 0 Å². The Labute approximate surface area is 143 Å². The highest BCUT2D eigenvalue weighted by Gasteiger charge is 2.36. The van der Waals surface area contributed by atoms with Gasteiger partial charge in [0.2, 0.25) is 7.14 Å². The molecule has 3 nitrogen and oxygen atoms in total. The third-order valence-electron chi connectivity index (χ3n) is 2.91. The molecule has 0 aliphatic carbocycles. The van der Waals surface area contributed by atoms with Crippen molar-refractivity contribution in [3.8, 4) is 0 Å². The first-order valence-corrected chi connectivity index (χ1v) is 9.04. The number of hydrogen-bond acceptors (Lipinski definition) is 2. The average molecular weight is 375 g/mol. The molecule has 22 heavy (non-hydrogen) atoms. The second kappa shape index (κ2) is 7.34. The van der Waals surface area contributed by atoms with Crippen LogP contribution in [0.2, 0.25) is 0 Å². The van der Waals surface area contributed by atoms with Crippen LogP contribution in [0, 0.1) is 0 Å². The summed E-state index contributed by atoms with van der Waals surface area (Å²) in [6, 6.07) is 16.9. The molecule has 7 heteroatoms. The lowest BCUT2D eigenvalue weighted by molar-refractivity contribution is 0.261. The number of hydrogen-bond donors (Lipinski definition) is 1. The van der Waals surface area contributed by atoms with Gasteiger partial charge < -0.3 is 9.88 Å². The van der Waals surface area contributed by atoms with Crippen LogP contribution in [0.1, 0.15) is 0 Å². The van der Waals surface area contributed by atoms with E-state index in [4.69, 9.17) is 34.8 Å². The van der Waals surface area contributed by atoms with Crippen molar-refractivity contribution in [1.29, 1.82) is 0 Å². The molecule has 1 N–H and O–H groups in total. The van der Waals surface area contributed by atoms with E-state index in [0.29, 0.717) is 10.6 Å². The number of halogens is 3. The molecule has 2 rings (SSSR count). The number of benzene rings is 2. The maximum atomic E-state index is 13.5. The average Bonchev–Trinajstić information content (AvgIpc) is 2.55.